The highest BCUT2D eigenvalue weighted by Gasteiger charge is 2.05. The minimum Gasteiger partial charge on any atom is -0.206 e. The molecule has 1 aromatic rings. The van der Waals surface area contributed by atoms with E-state index in [0.717, 1.165) is 36.8 Å². The fraction of sp³-hybridized carbons (Fsp3) is 0.500. The van der Waals surface area contributed by atoms with Crippen LogP contribution in [-0.4, -0.2) is 0 Å². The van der Waals surface area contributed by atoms with Gasteiger partial charge in [-0.25, -0.2) is 4.39 Å². The summed E-state index contributed by atoms with van der Waals surface area (Å²) in [5, 5.41) is 0. The molecule has 1 aromatic carbocycles. The summed E-state index contributed by atoms with van der Waals surface area (Å²) in [6.07, 6.45) is 3.71. The van der Waals surface area contributed by atoms with Gasteiger partial charge in [-0.1, -0.05) is 44.9 Å². The van der Waals surface area contributed by atoms with Gasteiger partial charge in [0.15, 0.2) is 0 Å². The lowest BCUT2D eigenvalue weighted by Gasteiger charge is -2.05. The van der Waals surface area contributed by atoms with Gasteiger partial charge in [-0.2, -0.15) is 0 Å². The largest absolute Gasteiger partial charge is 0.206 e. The standard InChI is InChI=1S/C12H17F/c1-3-6-10-8-5-9-11(7-4-2)12(10)13/h5,8-9H,3-4,6-7H2,1-2H3. The topological polar surface area (TPSA) is 0 Å². The van der Waals surface area contributed by atoms with Crippen LogP contribution in [0.3, 0.4) is 0 Å². The number of hydrogen-bond acceptors (Lipinski definition) is 0. The van der Waals surface area contributed by atoms with Gasteiger partial charge in [-0.05, 0) is 24.0 Å². The van der Waals surface area contributed by atoms with Crippen molar-refractivity contribution >= 4 is 0 Å². The van der Waals surface area contributed by atoms with Crippen LogP contribution in [0.4, 0.5) is 4.39 Å². The number of halogens is 1. The Morgan fingerprint density at radius 3 is 1.85 bits per heavy atom. The molecule has 0 N–H and O–H groups in total. The fourth-order valence-corrected chi connectivity index (χ4v) is 1.56. The average molecular weight is 180 g/mol. The van der Waals surface area contributed by atoms with Crippen LogP contribution < -0.4 is 0 Å². The van der Waals surface area contributed by atoms with Crippen LogP contribution in [0.5, 0.6) is 0 Å². The van der Waals surface area contributed by atoms with E-state index < -0.39 is 0 Å². The van der Waals surface area contributed by atoms with Crippen molar-refractivity contribution in [3.63, 3.8) is 0 Å². The van der Waals surface area contributed by atoms with Gasteiger partial charge in [0.2, 0.25) is 0 Å². The van der Waals surface area contributed by atoms with E-state index >= 15 is 0 Å². The minimum atomic E-state index is 0.0196. The van der Waals surface area contributed by atoms with Gasteiger partial charge in [-0.3, -0.25) is 0 Å². The van der Waals surface area contributed by atoms with Gasteiger partial charge >= 0.3 is 0 Å². The SMILES string of the molecule is CCCc1cccc(CCC)c1F. The first-order valence-corrected chi connectivity index (χ1v) is 5.05. The molecule has 0 saturated heterocycles. The summed E-state index contributed by atoms with van der Waals surface area (Å²) in [6.45, 7) is 4.15. The Morgan fingerprint density at radius 1 is 1.00 bits per heavy atom. The molecule has 0 aromatic heterocycles. The first-order chi connectivity index (χ1) is 6.29. The van der Waals surface area contributed by atoms with Gasteiger partial charge < -0.3 is 0 Å². The van der Waals surface area contributed by atoms with E-state index in [1.165, 1.54) is 0 Å². The highest BCUT2D eigenvalue weighted by atomic mass is 19.1. The van der Waals surface area contributed by atoms with E-state index in [0.29, 0.717) is 0 Å². The molecular formula is C12H17F. The van der Waals surface area contributed by atoms with E-state index in [1.54, 1.807) is 0 Å². The van der Waals surface area contributed by atoms with Crippen molar-refractivity contribution in [1.82, 2.24) is 0 Å². The van der Waals surface area contributed by atoms with E-state index in [2.05, 4.69) is 13.8 Å². The highest BCUT2D eigenvalue weighted by Crippen LogP contribution is 2.15. The Morgan fingerprint density at radius 2 is 1.46 bits per heavy atom. The van der Waals surface area contributed by atoms with Crippen LogP contribution in [0.1, 0.15) is 37.8 Å². The molecule has 0 atom stereocenters. The molecule has 13 heavy (non-hydrogen) atoms. The van der Waals surface area contributed by atoms with Crippen molar-refractivity contribution in [2.45, 2.75) is 39.5 Å². The maximum Gasteiger partial charge on any atom is 0.129 e. The Balaban J connectivity index is 2.89. The zero-order chi connectivity index (χ0) is 9.68. The lowest BCUT2D eigenvalue weighted by atomic mass is 10.0. The lowest BCUT2D eigenvalue weighted by molar-refractivity contribution is 0.588. The second-order valence-corrected chi connectivity index (χ2v) is 3.39. The summed E-state index contributed by atoms with van der Waals surface area (Å²) >= 11 is 0. The van der Waals surface area contributed by atoms with E-state index in [4.69, 9.17) is 0 Å². The second kappa shape index (κ2) is 5.00. The molecule has 1 rings (SSSR count). The number of hydrogen-bond donors (Lipinski definition) is 0. The van der Waals surface area contributed by atoms with E-state index in [1.807, 2.05) is 18.2 Å². The first kappa shape index (κ1) is 10.2. The molecule has 0 aliphatic heterocycles. The Hall–Kier alpha value is -0.850. The number of benzene rings is 1. The second-order valence-electron chi connectivity index (χ2n) is 3.39. The quantitative estimate of drug-likeness (QED) is 0.662. The van der Waals surface area contributed by atoms with Gasteiger partial charge in [-0.15, -0.1) is 0 Å². The van der Waals surface area contributed by atoms with Crippen molar-refractivity contribution in [3.05, 3.63) is 35.1 Å². The van der Waals surface area contributed by atoms with Gasteiger partial charge in [0.1, 0.15) is 5.82 Å². The summed E-state index contributed by atoms with van der Waals surface area (Å²) in [7, 11) is 0. The van der Waals surface area contributed by atoms with Gasteiger partial charge in [0.05, 0.1) is 0 Å². The molecule has 0 unspecified atom stereocenters. The van der Waals surface area contributed by atoms with Crippen molar-refractivity contribution in [2.75, 3.05) is 0 Å². The molecule has 72 valence electrons. The molecule has 0 saturated carbocycles. The predicted octanol–water partition coefficient (Wildman–Crippen LogP) is 3.73. The third kappa shape index (κ3) is 2.55. The third-order valence-corrected chi connectivity index (χ3v) is 2.20. The first-order valence-electron chi connectivity index (χ1n) is 5.05. The van der Waals surface area contributed by atoms with Crippen molar-refractivity contribution in [2.24, 2.45) is 0 Å². The summed E-state index contributed by atoms with van der Waals surface area (Å²) in [5.41, 5.74) is 1.74. The maximum atomic E-state index is 13.6. The van der Waals surface area contributed by atoms with Crippen LogP contribution in [0.15, 0.2) is 18.2 Å². The third-order valence-electron chi connectivity index (χ3n) is 2.20. The summed E-state index contributed by atoms with van der Waals surface area (Å²) < 4.78 is 13.6. The molecule has 0 amide bonds. The molecule has 0 aliphatic rings. The lowest BCUT2D eigenvalue weighted by Crippen LogP contribution is -1.96. The smallest absolute Gasteiger partial charge is 0.129 e. The molecule has 0 aliphatic carbocycles. The number of rotatable bonds is 4. The summed E-state index contributed by atoms with van der Waals surface area (Å²) in [5.74, 6) is 0.0196. The van der Waals surface area contributed by atoms with Crippen LogP contribution in [-0.2, 0) is 12.8 Å². The zero-order valence-electron chi connectivity index (χ0n) is 8.44. The van der Waals surface area contributed by atoms with E-state index in [-0.39, 0.29) is 5.82 Å². The molecule has 0 bridgehead atoms. The molecule has 0 radical (unpaired) electrons. The van der Waals surface area contributed by atoms with Gasteiger partial charge in [0, 0.05) is 0 Å². The molecule has 1 heteroatoms. The van der Waals surface area contributed by atoms with Crippen molar-refractivity contribution in [3.8, 4) is 0 Å². The predicted molar refractivity (Wildman–Crippen MR) is 54.4 cm³/mol. The maximum absolute atomic E-state index is 13.6. The van der Waals surface area contributed by atoms with Crippen LogP contribution in [0.25, 0.3) is 0 Å². The average Bonchev–Trinajstić information content (AvgIpc) is 2.13. The van der Waals surface area contributed by atoms with Crippen LogP contribution in [0, 0.1) is 5.82 Å². The Kier molecular flexibility index (Phi) is 3.94. The molecule has 0 heterocycles. The van der Waals surface area contributed by atoms with E-state index in [9.17, 15) is 4.39 Å². The normalized spacial score (nSPS) is 10.4. The van der Waals surface area contributed by atoms with Gasteiger partial charge in [0.25, 0.3) is 0 Å². The number of aryl methyl sites for hydroxylation is 2. The Labute approximate surface area is 79.8 Å². The monoisotopic (exact) mass is 180 g/mol. The highest BCUT2D eigenvalue weighted by molar-refractivity contribution is 5.26. The van der Waals surface area contributed by atoms with Crippen LogP contribution >= 0.6 is 0 Å². The summed E-state index contributed by atoms with van der Waals surface area (Å²) in [4.78, 5) is 0. The summed E-state index contributed by atoms with van der Waals surface area (Å²) in [6, 6.07) is 5.73. The van der Waals surface area contributed by atoms with Crippen molar-refractivity contribution in [1.29, 1.82) is 0 Å². The molecule has 0 nitrogen and oxygen atoms in total. The molecular weight excluding hydrogens is 163 g/mol. The van der Waals surface area contributed by atoms with Crippen LogP contribution in [0.2, 0.25) is 0 Å². The Bertz CT molecular complexity index is 242. The van der Waals surface area contributed by atoms with Crippen molar-refractivity contribution < 1.29 is 4.39 Å². The molecule has 0 spiro atoms. The fourth-order valence-electron chi connectivity index (χ4n) is 1.56. The zero-order valence-corrected chi connectivity index (χ0v) is 8.44. The minimum absolute atomic E-state index is 0.0196. The molecule has 0 fully saturated rings.